The molecule has 0 spiro atoms. The number of anilines is 2. The third-order valence-electron chi connectivity index (χ3n) is 5.34. The topological polar surface area (TPSA) is 192 Å². The molecule has 0 radical (unpaired) electrons. The van der Waals surface area contributed by atoms with Crippen molar-refractivity contribution in [1.82, 2.24) is 14.9 Å². The smallest absolute Gasteiger partial charge is 0.430 e. The van der Waals surface area contributed by atoms with E-state index >= 15 is 4.39 Å². The molecule has 0 bridgehead atoms. The number of hydrogen-bond acceptors (Lipinski definition) is 12. The number of carboxylic acids is 2. The molecule has 20 heteroatoms. The Kier molecular flexibility index (Phi) is 13.1. The lowest BCUT2D eigenvalue weighted by Gasteiger charge is -2.26. The molecule has 0 fully saturated rings. The van der Waals surface area contributed by atoms with Crippen LogP contribution >= 0.6 is 0 Å². The van der Waals surface area contributed by atoms with Crippen LogP contribution < -0.4 is 35.5 Å². The predicted molar refractivity (Wildman–Crippen MR) is 143 cm³/mol. The number of nitrogens with two attached hydrogens (primary N) is 1. The minimum absolute atomic E-state index is 0.0223. The number of benzene rings is 2. The van der Waals surface area contributed by atoms with Crippen LogP contribution in [0.3, 0.4) is 0 Å². The highest BCUT2D eigenvalue weighted by Crippen LogP contribution is 2.35. The van der Waals surface area contributed by atoms with E-state index < -0.39 is 42.1 Å². The van der Waals surface area contributed by atoms with Crippen molar-refractivity contribution in [2.24, 2.45) is 0 Å². The Morgan fingerprint density at radius 2 is 1.60 bits per heavy atom. The lowest BCUT2D eigenvalue weighted by atomic mass is 10.1. The van der Waals surface area contributed by atoms with Crippen molar-refractivity contribution in [1.29, 1.82) is 0 Å². The van der Waals surface area contributed by atoms with E-state index in [0.717, 1.165) is 0 Å². The number of nitrogens with one attached hydrogen (secondary N) is 1. The second kappa shape index (κ2) is 16.2. The number of hydrogen-bond donors (Lipinski definition) is 2. The van der Waals surface area contributed by atoms with E-state index in [-0.39, 0.29) is 29.6 Å². The van der Waals surface area contributed by atoms with Gasteiger partial charge in [0.1, 0.15) is 36.7 Å². The minimum atomic E-state index is -5.19. The van der Waals surface area contributed by atoms with E-state index in [4.69, 9.17) is 39.7 Å². The number of ether oxygens (including phenoxy) is 3. The SMILES string of the molecule is CN(C)CCOc1cc(-c2ccnc(N)n2)c(F)cc1NC(=O)[C@@H]1COc2ccccc2O1.O=C([O-])C(F)(F)F.O=C([O-])C(F)(F)F. The number of aliphatic carboxylic acids is 2. The van der Waals surface area contributed by atoms with Crippen LogP contribution in [-0.2, 0) is 14.4 Å². The Morgan fingerprint density at radius 1 is 1.02 bits per heavy atom. The van der Waals surface area contributed by atoms with Crippen LogP contribution in [0.5, 0.6) is 17.2 Å². The molecule has 2 heterocycles. The molecule has 1 atom stereocenters. The average molecular weight is 680 g/mol. The van der Waals surface area contributed by atoms with Crippen LogP contribution in [-0.4, -0.2) is 85.0 Å². The molecule has 3 aromatic rings. The lowest BCUT2D eigenvalue weighted by molar-refractivity contribution is -0.344. The van der Waals surface area contributed by atoms with Crippen molar-refractivity contribution in [3.05, 3.63) is 54.5 Å². The first-order chi connectivity index (χ1) is 21.8. The summed E-state index contributed by atoms with van der Waals surface area (Å²) in [4.78, 5) is 40.3. The quantitative estimate of drug-likeness (QED) is 0.340. The van der Waals surface area contributed by atoms with E-state index in [1.165, 1.54) is 18.3 Å². The molecule has 1 aromatic heterocycles. The van der Waals surface area contributed by atoms with Gasteiger partial charge in [-0.1, -0.05) is 12.1 Å². The molecule has 4 rings (SSSR count). The van der Waals surface area contributed by atoms with Gasteiger partial charge in [-0.3, -0.25) is 4.79 Å². The van der Waals surface area contributed by atoms with E-state index in [1.54, 1.807) is 24.3 Å². The number of aromatic nitrogens is 2. The fraction of sp³-hybridized carbons (Fsp3) is 0.296. The first kappa shape index (κ1) is 37.8. The van der Waals surface area contributed by atoms with Crippen molar-refractivity contribution in [2.45, 2.75) is 18.5 Å². The first-order valence-electron chi connectivity index (χ1n) is 12.7. The number of fused-ring (bicyclic) bond motifs is 1. The summed E-state index contributed by atoms with van der Waals surface area (Å²) in [6.45, 7) is 0.973. The molecule has 1 amide bonds. The molecule has 1 aliphatic heterocycles. The van der Waals surface area contributed by atoms with Crippen molar-refractivity contribution in [3.8, 4) is 28.5 Å². The fourth-order valence-electron chi connectivity index (χ4n) is 3.19. The second-order valence-corrected chi connectivity index (χ2v) is 9.20. The summed E-state index contributed by atoms with van der Waals surface area (Å²) >= 11 is 0. The molecule has 0 aliphatic carbocycles. The monoisotopic (exact) mass is 679 g/mol. The Bertz CT molecular complexity index is 1530. The summed E-state index contributed by atoms with van der Waals surface area (Å²) in [5, 5.41) is 20.3. The second-order valence-electron chi connectivity index (χ2n) is 9.20. The van der Waals surface area contributed by atoms with Crippen molar-refractivity contribution in [3.63, 3.8) is 0 Å². The number of nitrogens with zero attached hydrogens (tertiary/aromatic N) is 3. The molecular formula is C27H24F7N5O8-2. The van der Waals surface area contributed by atoms with E-state index in [1.807, 2.05) is 25.1 Å². The van der Waals surface area contributed by atoms with Gasteiger partial charge in [-0.25, -0.2) is 14.4 Å². The Labute approximate surface area is 260 Å². The highest BCUT2D eigenvalue weighted by Gasteiger charge is 2.30. The summed E-state index contributed by atoms with van der Waals surface area (Å²) in [6.07, 6.45) is -9.85. The number of halogens is 7. The molecule has 0 saturated carbocycles. The third-order valence-corrected chi connectivity index (χ3v) is 5.34. The van der Waals surface area contributed by atoms with Crippen LogP contribution in [0.25, 0.3) is 11.3 Å². The zero-order chi connectivity index (χ0) is 35.5. The maximum absolute atomic E-state index is 15.0. The minimum Gasteiger partial charge on any atom is -0.542 e. The standard InChI is InChI=1S/C23H24FN5O4.2C2HF3O2/c1-29(2)9-10-31-20-11-14(16-7-8-26-23(25)28-16)15(24)12-17(20)27-22(30)21-13-32-18-5-3-4-6-19(18)33-21;2*3-2(4,5)1(6)7/h3-8,11-12,21H,9-10,13H2,1-2H3,(H,27,30)(H2,25,26,28);2*(H,6,7)/p-2/t21-;;/m0../s1. The van der Waals surface area contributed by atoms with Crippen LogP contribution in [0.15, 0.2) is 48.7 Å². The maximum Gasteiger partial charge on any atom is 0.430 e. The number of carbonyl (C=O) groups excluding carboxylic acids is 3. The van der Waals surface area contributed by atoms with E-state index in [9.17, 15) is 31.1 Å². The zero-order valence-electron chi connectivity index (χ0n) is 24.1. The molecule has 13 nitrogen and oxygen atoms in total. The van der Waals surface area contributed by atoms with Gasteiger partial charge < -0.3 is 50.0 Å². The number of amides is 1. The molecular weight excluding hydrogens is 655 g/mol. The summed E-state index contributed by atoms with van der Waals surface area (Å²) in [6, 6.07) is 11.3. The van der Waals surface area contributed by atoms with Crippen LogP contribution in [0.1, 0.15) is 0 Å². The highest BCUT2D eigenvalue weighted by atomic mass is 19.4. The number of carboxylic acid groups (broad SMARTS) is 2. The fourth-order valence-corrected chi connectivity index (χ4v) is 3.19. The molecule has 1 aliphatic rings. The van der Waals surface area contributed by atoms with Gasteiger partial charge in [-0.2, -0.15) is 26.3 Å². The van der Waals surface area contributed by atoms with Crippen LogP contribution in [0, 0.1) is 5.82 Å². The predicted octanol–water partition coefficient (Wildman–Crippen LogP) is 1.18. The van der Waals surface area contributed by atoms with E-state index in [2.05, 4.69) is 15.3 Å². The maximum atomic E-state index is 15.0. The van der Waals surface area contributed by atoms with Gasteiger partial charge in [0.2, 0.25) is 12.1 Å². The van der Waals surface area contributed by atoms with Gasteiger partial charge in [0.25, 0.3) is 5.91 Å². The summed E-state index contributed by atoms with van der Waals surface area (Å²) in [5.74, 6) is -5.76. The van der Waals surface area contributed by atoms with Crippen molar-refractivity contribution >= 4 is 29.5 Å². The number of para-hydroxylation sites is 2. The number of rotatable bonds is 7. The third kappa shape index (κ3) is 12.1. The van der Waals surface area contributed by atoms with Gasteiger partial charge in [-0.05, 0) is 38.4 Å². The summed E-state index contributed by atoms with van der Waals surface area (Å²) in [7, 11) is 3.81. The average Bonchev–Trinajstić information content (AvgIpc) is 2.97. The highest BCUT2D eigenvalue weighted by molar-refractivity contribution is 5.96. The van der Waals surface area contributed by atoms with Crippen LogP contribution in [0.4, 0.5) is 42.4 Å². The summed E-state index contributed by atoms with van der Waals surface area (Å²) in [5.41, 5.74) is 6.29. The number of likely N-dealkylation sites (N-methyl/N-ethyl adjacent to an activating group) is 1. The van der Waals surface area contributed by atoms with Crippen LogP contribution in [0.2, 0.25) is 0 Å². The Hall–Kier alpha value is -5.40. The van der Waals surface area contributed by atoms with Gasteiger partial charge >= 0.3 is 12.4 Å². The first-order valence-corrected chi connectivity index (χ1v) is 12.7. The molecule has 2 aromatic carbocycles. The molecule has 0 unspecified atom stereocenters. The largest absolute Gasteiger partial charge is 0.542 e. The normalized spacial score (nSPS) is 13.7. The lowest BCUT2D eigenvalue weighted by Crippen LogP contribution is -2.40. The van der Waals surface area contributed by atoms with Gasteiger partial charge in [0, 0.05) is 24.4 Å². The number of nitrogen functional groups attached to an aromatic ring is 1. The Morgan fingerprint density at radius 3 is 2.13 bits per heavy atom. The van der Waals surface area contributed by atoms with E-state index in [0.29, 0.717) is 30.3 Å². The van der Waals surface area contributed by atoms with Gasteiger partial charge in [-0.15, -0.1) is 0 Å². The van der Waals surface area contributed by atoms with Gasteiger partial charge in [0.05, 0.1) is 11.4 Å². The zero-order valence-corrected chi connectivity index (χ0v) is 24.1. The Balaban J connectivity index is 0.000000459. The van der Waals surface area contributed by atoms with Crippen molar-refractivity contribution in [2.75, 3.05) is 44.9 Å². The molecule has 256 valence electrons. The van der Waals surface area contributed by atoms with Crippen molar-refractivity contribution < 1.29 is 69.5 Å². The molecule has 3 N–H and O–H groups in total. The molecule has 0 saturated heterocycles. The number of alkyl halides is 6. The van der Waals surface area contributed by atoms with Gasteiger partial charge in [0.15, 0.2) is 11.5 Å². The number of carbonyl (C=O) groups is 3. The molecule has 47 heavy (non-hydrogen) atoms. The summed E-state index contributed by atoms with van der Waals surface area (Å²) < 4.78 is 95.3.